The minimum atomic E-state index is -0.907. The van der Waals surface area contributed by atoms with Crippen molar-refractivity contribution in [1.29, 1.82) is 0 Å². The number of amides is 2. The molecule has 0 unspecified atom stereocenters. The molecule has 0 saturated carbocycles. The van der Waals surface area contributed by atoms with Gasteiger partial charge in [-0.05, 0) is 50.8 Å². The molecule has 1 saturated heterocycles. The number of carbonyl (C=O) groups excluding carboxylic acids is 2. The summed E-state index contributed by atoms with van der Waals surface area (Å²) < 4.78 is 1.79. The first kappa shape index (κ1) is 21.2. The van der Waals surface area contributed by atoms with Gasteiger partial charge in [0, 0.05) is 30.5 Å². The van der Waals surface area contributed by atoms with Crippen LogP contribution in [0, 0.1) is 6.92 Å². The average molecular weight is 439 g/mol. The Labute approximate surface area is 185 Å². The van der Waals surface area contributed by atoms with E-state index in [1.807, 2.05) is 37.4 Å². The summed E-state index contributed by atoms with van der Waals surface area (Å²) in [5.41, 5.74) is 9.56. The summed E-state index contributed by atoms with van der Waals surface area (Å²) in [6.45, 7) is 8.02. The molecule has 9 heteroatoms. The van der Waals surface area contributed by atoms with Crippen LogP contribution in [-0.2, 0) is 9.59 Å². The lowest BCUT2D eigenvalue weighted by Gasteiger charge is -2.45. The molecule has 2 N–H and O–H groups in total. The molecule has 1 aromatic carbocycles. The fourth-order valence-electron chi connectivity index (χ4n) is 4.33. The van der Waals surface area contributed by atoms with Crippen LogP contribution in [0.2, 0.25) is 0 Å². The van der Waals surface area contributed by atoms with Crippen molar-refractivity contribution in [1.82, 2.24) is 19.5 Å². The van der Waals surface area contributed by atoms with Crippen molar-refractivity contribution in [3.8, 4) is 11.3 Å². The second-order valence-electron chi connectivity index (χ2n) is 8.19. The average Bonchev–Trinajstić information content (AvgIpc) is 3.07. The Morgan fingerprint density at radius 1 is 1.23 bits per heavy atom. The monoisotopic (exact) mass is 438 g/mol. The van der Waals surface area contributed by atoms with E-state index in [0.29, 0.717) is 18.9 Å². The van der Waals surface area contributed by atoms with E-state index in [1.54, 1.807) is 39.9 Å². The highest BCUT2D eigenvalue weighted by Gasteiger charge is 2.44. The smallest absolute Gasteiger partial charge is 0.252 e. The summed E-state index contributed by atoms with van der Waals surface area (Å²) in [6.07, 6.45) is 3.43. The molecule has 2 amide bonds. The number of benzene rings is 1. The maximum absolute atomic E-state index is 13.4. The van der Waals surface area contributed by atoms with Crippen molar-refractivity contribution >= 4 is 40.6 Å². The molecule has 1 aliphatic heterocycles. The zero-order valence-electron chi connectivity index (χ0n) is 18.3. The van der Waals surface area contributed by atoms with Gasteiger partial charge in [0.2, 0.25) is 5.91 Å². The van der Waals surface area contributed by atoms with Crippen LogP contribution in [0.3, 0.4) is 0 Å². The third-order valence-corrected chi connectivity index (χ3v) is 6.69. The van der Waals surface area contributed by atoms with Crippen LogP contribution in [0.4, 0.5) is 11.5 Å². The van der Waals surface area contributed by atoms with Crippen LogP contribution in [0.25, 0.3) is 16.8 Å². The summed E-state index contributed by atoms with van der Waals surface area (Å²) in [7, 11) is 0. The summed E-state index contributed by atoms with van der Waals surface area (Å²) >= 11 is 1.59. The first-order valence-electron chi connectivity index (χ1n) is 10.0. The molecule has 1 fully saturated rings. The molecule has 0 bridgehead atoms. The van der Waals surface area contributed by atoms with Gasteiger partial charge in [-0.15, -0.1) is 11.8 Å². The lowest BCUT2D eigenvalue weighted by Crippen LogP contribution is -2.64. The summed E-state index contributed by atoms with van der Waals surface area (Å²) in [5.74, 6) is 0.241. The molecule has 162 valence electrons. The molecular weight excluding hydrogens is 412 g/mol. The van der Waals surface area contributed by atoms with E-state index in [1.165, 1.54) is 13.3 Å². The molecular formula is C22H26N6O2S. The number of aryl methyl sites for hydroxylation is 1. The van der Waals surface area contributed by atoms with Gasteiger partial charge >= 0.3 is 0 Å². The molecule has 8 nitrogen and oxygen atoms in total. The highest BCUT2D eigenvalue weighted by Crippen LogP contribution is 2.37. The van der Waals surface area contributed by atoms with Crippen molar-refractivity contribution in [2.75, 3.05) is 30.0 Å². The summed E-state index contributed by atoms with van der Waals surface area (Å²) in [5, 5.41) is 4.39. The number of nitrogen functional groups attached to an aromatic ring is 1. The Hall–Kier alpha value is -3.07. The SMILES string of the molecule is CSc1ccc(-c2cc(C)c3c(N)ncnn23)cc1N1CCN(C(C)=O)C(C)(C)C1=O. The number of anilines is 2. The summed E-state index contributed by atoms with van der Waals surface area (Å²) in [4.78, 5) is 34.0. The van der Waals surface area contributed by atoms with Crippen molar-refractivity contribution in [3.05, 3.63) is 36.2 Å². The van der Waals surface area contributed by atoms with Gasteiger partial charge in [-0.3, -0.25) is 9.59 Å². The number of nitrogens with two attached hydrogens (primary N) is 1. The molecule has 0 aliphatic carbocycles. The molecule has 31 heavy (non-hydrogen) atoms. The Kier molecular flexibility index (Phi) is 5.17. The largest absolute Gasteiger partial charge is 0.382 e. The lowest BCUT2D eigenvalue weighted by atomic mass is 9.96. The van der Waals surface area contributed by atoms with Crippen molar-refractivity contribution in [2.24, 2.45) is 0 Å². The van der Waals surface area contributed by atoms with Gasteiger partial charge in [-0.1, -0.05) is 6.07 Å². The highest BCUT2D eigenvalue weighted by atomic mass is 32.2. The van der Waals surface area contributed by atoms with E-state index in [0.717, 1.165) is 32.9 Å². The number of carbonyl (C=O) groups is 2. The molecule has 0 spiro atoms. The van der Waals surface area contributed by atoms with Gasteiger partial charge in [-0.25, -0.2) is 9.50 Å². The maximum atomic E-state index is 13.4. The number of nitrogens with zero attached hydrogens (tertiary/aromatic N) is 5. The number of rotatable bonds is 3. The molecule has 1 aliphatic rings. The molecule has 0 atom stereocenters. The predicted octanol–water partition coefficient (Wildman–Crippen LogP) is 2.98. The van der Waals surface area contributed by atoms with Crippen LogP contribution in [-0.4, -0.2) is 56.2 Å². The Bertz CT molecular complexity index is 1200. The number of hydrogen-bond acceptors (Lipinski definition) is 6. The first-order valence-corrected chi connectivity index (χ1v) is 11.3. The zero-order valence-corrected chi connectivity index (χ0v) is 19.2. The van der Waals surface area contributed by atoms with Gasteiger partial charge < -0.3 is 15.5 Å². The maximum Gasteiger partial charge on any atom is 0.252 e. The Morgan fingerprint density at radius 3 is 2.65 bits per heavy atom. The number of fused-ring (bicyclic) bond motifs is 1. The van der Waals surface area contributed by atoms with E-state index in [-0.39, 0.29) is 11.8 Å². The minimum Gasteiger partial charge on any atom is -0.382 e. The van der Waals surface area contributed by atoms with Crippen LogP contribution < -0.4 is 10.6 Å². The Balaban J connectivity index is 1.83. The quantitative estimate of drug-likeness (QED) is 0.632. The molecule has 3 heterocycles. The zero-order chi connectivity index (χ0) is 22.5. The molecule has 0 radical (unpaired) electrons. The number of piperazine rings is 1. The van der Waals surface area contributed by atoms with Crippen molar-refractivity contribution < 1.29 is 9.59 Å². The van der Waals surface area contributed by atoms with Gasteiger partial charge in [0.25, 0.3) is 5.91 Å². The van der Waals surface area contributed by atoms with Crippen LogP contribution in [0.1, 0.15) is 26.3 Å². The normalized spacial score (nSPS) is 16.2. The van der Waals surface area contributed by atoms with Crippen LogP contribution >= 0.6 is 11.8 Å². The number of thioether (sulfide) groups is 1. The minimum absolute atomic E-state index is 0.0933. The number of aromatic nitrogens is 3. The van der Waals surface area contributed by atoms with Gasteiger partial charge in [0.05, 0.1) is 11.4 Å². The third-order valence-electron chi connectivity index (χ3n) is 5.91. The topological polar surface area (TPSA) is 96.8 Å². The third kappa shape index (κ3) is 3.33. The predicted molar refractivity (Wildman–Crippen MR) is 123 cm³/mol. The summed E-state index contributed by atoms with van der Waals surface area (Å²) in [6, 6.07) is 8.09. The second kappa shape index (κ2) is 7.56. The molecule has 4 rings (SSSR count). The van der Waals surface area contributed by atoms with E-state index < -0.39 is 5.54 Å². The van der Waals surface area contributed by atoms with E-state index in [2.05, 4.69) is 10.1 Å². The molecule has 2 aromatic heterocycles. The Morgan fingerprint density at radius 2 is 1.97 bits per heavy atom. The van der Waals surface area contributed by atoms with E-state index >= 15 is 0 Å². The fraction of sp³-hybridized carbons (Fsp3) is 0.364. The highest BCUT2D eigenvalue weighted by molar-refractivity contribution is 7.98. The van der Waals surface area contributed by atoms with Crippen LogP contribution in [0.15, 0.2) is 35.5 Å². The second-order valence-corrected chi connectivity index (χ2v) is 9.04. The van der Waals surface area contributed by atoms with E-state index in [9.17, 15) is 9.59 Å². The first-order chi connectivity index (χ1) is 14.7. The number of hydrogen-bond donors (Lipinski definition) is 1. The van der Waals surface area contributed by atoms with Gasteiger partial charge in [-0.2, -0.15) is 5.10 Å². The van der Waals surface area contributed by atoms with Crippen molar-refractivity contribution in [2.45, 2.75) is 38.1 Å². The fourth-order valence-corrected chi connectivity index (χ4v) is 4.91. The van der Waals surface area contributed by atoms with Crippen LogP contribution in [0.5, 0.6) is 0 Å². The lowest BCUT2D eigenvalue weighted by molar-refractivity contribution is -0.145. The van der Waals surface area contributed by atoms with Gasteiger partial charge in [0.15, 0.2) is 5.82 Å². The standard InChI is InChI=1S/C22H26N6O2S/c1-13-10-16(28-19(13)20(23)24-12-25-28)15-6-7-18(31-5)17(11-15)26-8-9-27(14(2)29)22(3,4)21(26)30/h6-7,10-12H,8-9H2,1-5H3,(H2,23,24,25). The van der Waals surface area contributed by atoms with Gasteiger partial charge in [0.1, 0.15) is 17.4 Å². The van der Waals surface area contributed by atoms with Crippen molar-refractivity contribution in [3.63, 3.8) is 0 Å². The van der Waals surface area contributed by atoms with E-state index in [4.69, 9.17) is 5.73 Å². The molecule has 3 aromatic rings.